The predicted octanol–water partition coefficient (Wildman–Crippen LogP) is -0.362. The zero-order valence-corrected chi connectivity index (χ0v) is 15.3. The van der Waals surface area contributed by atoms with Crippen molar-refractivity contribution in [3.05, 3.63) is 35.0 Å². The van der Waals surface area contributed by atoms with Crippen LogP contribution in [0.25, 0.3) is 11.4 Å². The Morgan fingerprint density at radius 2 is 2.04 bits per heavy atom. The van der Waals surface area contributed by atoms with Crippen molar-refractivity contribution in [1.29, 1.82) is 0 Å². The molecule has 0 saturated carbocycles. The predicted molar refractivity (Wildman–Crippen MR) is 100 cm³/mol. The molecule has 1 unspecified atom stereocenters. The molecule has 1 N–H and O–H groups in total. The summed E-state index contributed by atoms with van der Waals surface area (Å²) in [6, 6.07) is 2.92. The molecular formula is C18H23N7O2. The van der Waals surface area contributed by atoms with Crippen LogP contribution in [0.2, 0.25) is 0 Å². The van der Waals surface area contributed by atoms with Crippen molar-refractivity contribution < 1.29 is 4.79 Å². The lowest BCUT2D eigenvalue weighted by molar-refractivity contribution is -0.132. The molecule has 0 aromatic carbocycles. The number of rotatable bonds is 3. The van der Waals surface area contributed by atoms with E-state index in [1.807, 2.05) is 9.80 Å². The highest BCUT2D eigenvalue weighted by atomic mass is 16.2. The minimum atomic E-state index is -0.281. The van der Waals surface area contributed by atoms with E-state index in [0.717, 1.165) is 25.9 Å². The number of anilines is 1. The van der Waals surface area contributed by atoms with Gasteiger partial charge in [-0.05, 0) is 18.9 Å². The molecule has 0 aliphatic carbocycles. The maximum atomic E-state index is 12.7. The van der Waals surface area contributed by atoms with Gasteiger partial charge in [-0.25, -0.2) is 15.0 Å². The number of nitrogens with one attached hydrogen (secondary N) is 1. The van der Waals surface area contributed by atoms with Crippen molar-refractivity contribution in [2.45, 2.75) is 18.9 Å². The average molecular weight is 369 g/mol. The maximum absolute atomic E-state index is 12.7. The zero-order chi connectivity index (χ0) is 18.8. The first-order chi connectivity index (χ1) is 13.1. The first kappa shape index (κ1) is 17.6. The van der Waals surface area contributed by atoms with Crippen LogP contribution in [-0.4, -0.2) is 69.1 Å². The molecule has 142 valence electrons. The van der Waals surface area contributed by atoms with E-state index < -0.39 is 0 Å². The molecule has 1 amide bonds. The fourth-order valence-electron chi connectivity index (χ4n) is 3.64. The Bertz CT molecular complexity index is 877. The highest BCUT2D eigenvalue weighted by Gasteiger charge is 2.31. The first-order valence-electron chi connectivity index (χ1n) is 9.25. The minimum absolute atomic E-state index is 0.133. The van der Waals surface area contributed by atoms with Gasteiger partial charge in [0.1, 0.15) is 12.4 Å². The van der Waals surface area contributed by atoms with Crippen molar-refractivity contribution in [2.24, 2.45) is 7.05 Å². The second-order valence-corrected chi connectivity index (χ2v) is 6.92. The quantitative estimate of drug-likeness (QED) is 0.789. The van der Waals surface area contributed by atoms with Gasteiger partial charge in [0.2, 0.25) is 11.9 Å². The lowest BCUT2D eigenvalue weighted by atomic mass is 10.2. The van der Waals surface area contributed by atoms with E-state index in [1.165, 1.54) is 17.0 Å². The number of hydrogen-bond acceptors (Lipinski definition) is 7. The summed E-state index contributed by atoms with van der Waals surface area (Å²) in [6.07, 6.45) is 5.19. The van der Waals surface area contributed by atoms with E-state index in [4.69, 9.17) is 0 Å². The number of amides is 1. The van der Waals surface area contributed by atoms with Gasteiger partial charge in [0, 0.05) is 52.0 Å². The number of aromatic nitrogens is 4. The van der Waals surface area contributed by atoms with Crippen molar-refractivity contribution in [3.8, 4) is 11.4 Å². The number of piperazine rings is 1. The van der Waals surface area contributed by atoms with Gasteiger partial charge in [-0.3, -0.25) is 14.2 Å². The van der Waals surface area contributed by atoms with Gasteiger partial charge >= 0.3 is 0 Å². The summed E-state index contributed by atoms with van der Waals surface area (Å²) < 4.78 is 1.52. The van der Waals surface area contributed by atoms with Crippen LogP contribution in [0.5, 0.6) is 0 Å². The lowest BCUT2D eigenvalue weighted by Gasteiger charge is -2.35. The van der Waals surface area contributed by atoms with E-state index in [-0.39, 0.29) is 17.5 Å². The van der Waals surface area contributed by atoms with Crippen LogP contribution in [0.15, 0.2) is 29.5 Å². The van der Waals surface area contributed by atoms with E-state index >= 15 is 0 Å². The van der Waals surface area contributed by atoms with Gasteiger partial charge in [-0.15, -0.1) is 0 Å². The van der Waals surface area contributed by atoms with E-state index in [1.54, 1.807) is 19.3 Å². The standard InChI is InChI=1S/C18H23N7O2/c1-23-16(26)10-14(13-4-5-19-12-21-13)22-18(23)25-9-6-20-15(11-25)17(27)24-7-2-3-8-24/h4-5,10,12,15,20H,2-3,6-9,11H2,1H3. The molecule has 4 rings (SSSR count). The largest absolute Gasteiger partial charge is 0.341 e. The second-order valence-electron chi connectivity index (χ2n) is 6.92. The van der Waals surface area contributed by atoms with Gasteiger partial charge in [-0.2, -0.15) is 0 Å². The highest BCUT2D eigenvalue weighted by molar-refractivity contribution is 5.83. The second kappa shape index (κ2) is 7.43. The SMILES string of the molecule is Cn1c(N2CCNC(C(=O)N3CCCC3)C2)nc(-c2ccncn2)cc1=O. The fraction of sp³-hybridized carbons (Fsp3) is 0.500. The summed E-state index contributed by atoms with van der Waals surface area (Å²) in [7, 11) is 1.70. The third-order valence-corrected chi connectivity index (χ3v) is 5.13. The van der Waals surface area contributed by atoms with Gasteiger partial charge in [0.05, 0.1) is 11.4 Å². The van der Waals surface area contributed by atoms with Crippen LogP contribution in [-0.2, 0) is 11.8 Å². The van der Waals surface area contributed by atoms with Gasteiger partial charge in [0.15, 0.2) is 0 Å². The molecule has 0 bridgehead atoms. The third-order valence-electron chi connectivity index (χ3n) is 5.13. The molecule has 4 heterocycles. The highest BCUT2D eigenvalue weighted by Crippen LogP contribution is 2.18. The van der Waals surface area contributed by atoms with Crippen LogP contribution >= 0.6 is 0 Å². The summed E-state index contributed by atoms with van der Waals surface area (Å²) in [4.78, 5) is 41.9. The molecule has 0 radical (unpaired) electrons. The van der Waals surface area contributed by atoms with Crippen molar-refractivity contribution in [2.75, 3.05) is 37.6 Å². The van der Waals surface area contributed by atoms with Crippen LogP contribution in [0.1, 0.15) is 12.8 Å². The van der Waals surface area contributed by atoms with Gasteiger partial charge in [0.25, 0.3) is 5.56 Å². The Kier molecular flexibility index (Phi) is 4.85. The third kappa shape index (κ3) is 3.55. The molecule has 2 fully saturated rings. The topological polar surface area (TPSA) is 96.2 Å². The van der Waals surface area contributed by atoms with Gasteiger partial charge in [-0.1, -0.05) is 0 Å². The molecule has 1 atom stereocenters. The molecular weight excluding hydrogens is 346 g/mol. The lowest BCUT2D eigenvalue weighted by Crippen LogP contribution is -2.58. The zero-order valence-electron chi connectivity index (χ0n) is 15.3. The van der Waals surface area contributed by atoms with Crippen molar-refractivity contribution >= 4 is 11.9 Å². The Morgan fingerprint density at radius 3 is 2.78 bits per heavy atom. The Morgan fingerprint density at radius 1 is 1.22 bits per heavy atom. The van der Waals surface area contributed by atoms with Crippen LogP contribution in [0.3, 0.4) is 0 Å². The molecule has 9 nitrogen and oxygen atoms in total. The van der Waals surface area contributed by atoms with Crippen molar-refractivity contribution in [1.82, 2.24) is 29.7 Å². The molecule has 2 aromatic rings. The first-order valence-corrected chi connectivity index (χ1v) is 9.25. The molecule has 2 aromatic heterocycles. The van der Waals surface area contributed by atoms with E-state index in [2.05, 4.69) is 20.3 Å². The molecule has 2 saturated heterocycles. The summed E-state index contributed by atoms with van der Waals surface area (Å²) in [5, 5.41) is 3.31. The summed E-state index contributed by atoms with van der Waals surface area (Å²) in [5.41, 5.74) is 0.954. The van der Waals surface area contributed by atoms with Crippen LogP contribution in [0, 0.1) is 0 Å². The Hall–Kier alpha value is -2.81. The number of hydrogen-bond donors (Lipinski definition) is 1. The number of carbonyl (C=O) groups excluding carboxylic acids is 1. The molecule has 27 heavy (non-hydrogen) atoms. The molecule has 2 aliphatic rings. The molecule has 9 heteroatoms. The normalized spacial score (nSPS) is 20.1. The number of carbonyl (C=O) groups is 1. The average Bonchev–Trinajstić information content (AvgIpc) is 3.25. The summed E-state index contributed by atoms with van der Waals surface area (Å²) >= 11 is 0. The Balaban J connectivity index is 1.61. The fourth-order valence-corrected chi connectivity index (χ4v) is 3.64. The minimum Gasteiger partial charge on any atom is -0.341 e. The van der Waals surface area contributed by atoms with Gasteiger partial charge < -0.3 is 15.1 Å². The van der Waals surface area contributed by atoms with Crippen LogP contribution < -0.4 is 15.8 Å². The van der Waals surface area contributed by atoms with E-state index in [0.29, 0.717) is 37.0 Å². The maximum Gasteiger partial charge on any atom is 0.255 e. The van der Waals surface area contributed by atoms with E-state index in [9.17, 15) is 9.59 Å². The Labute approximate surface area is 157 Å². The monoisotopic (exact) mass is 369 g/mol. The van der Waals surface area contributed by atoms with Crippen molar-refractivity contribution in [3.63, 3.8) is 0 Å². The molecule has 0 spiro atoms. The summed E-state index contributed by atoms with van der Waals surface area (Å²) in [5.74, 6) is 0.686. The van der Waals surface area contributed by atoms with Crippen LogP contribution in [0.4, 0.5) is 5.95 Å². The summed E-state index contributed by atoms with van der Waals surface area (Å²) in [6.45, 7) is 3.49. The number of nitrogens with zero attached hydrogens (tertiary/aromatic N) is 6. The number of likely N-dealkylation sites (tertiary alicyclic amines) is 1. The smallest absolute Gasteiger partial charge is 0.255 e. The molecule has 2 aliphatic heterocycles.